The largest absolute Gasteiger partial charge is 0.489 e. The van der Waals surface area contributed by atoms with Crippen LogP contribution in [0, 0.1) is 11.3 Å². The maximum atomic E-state index is 6.11. The molecule has 2 heterocycles. The fourth-order valence-electron chi connectivity index (χ4n) is 5.36. The quantitative estimate of drug-likeness (QED) is 0.528. The van der Waals surface area contributed by atoms with Gasteiger partial charge >= 0.3 is 0 Å². The highest BCUT2D eigenvalue weighted by Gasteiger charge is 2.29. The van der Waals surface area contributed by atoms with Crippen LogP contribution in [0.25, 0.3) is 5.57 Å². The molecule has 0 N–H and O–H groups in total. The summed E-state index contributed by atoms with van der Waals surface area (Å²) >= 11 is 0. The number of rotatable bonds is 5. The molecule has 1 saturated heterocycles. The molecule has 0 spiro atoms. The van der Waals surface area contributed by atoms with Crippen LogP contribution in [-0.4, -0.2) is 57.8 Å². The second-order valence-corrected chi connectivity index (χ2v) is 10.9. The van der Waals surface area contributed by atoms with Crippen LogP contribution in [0.15, 0.2) is 18.2 Å². The molecule has 4 rings (SSSR count). The van der Waals surface area contributed by atoms with Crippen LogP contribution in [0.4, 0.5) is 11.4 Å². The minimum atomic E-state index is 0. The molecule has 5 heteroatoms. The Bertz CT molecular complexity index is 793. The highest BCUT2D eigenvalue weighted by atomic mass is 35.5. The monoisotopic (exact) mass is 461 g/mol. The molecule has 0 amide bonds. The van der Waals surface area contributed by atoms with Crippen LogP contribution in [0.3, 0.4) is 0 Å². The summed E-state index contributed by atoms with van der Waals surface area (Å²) in [6, 6.07) is 4.77. The van der Waals surface area contributed by atoms with Crippen molar-refractivity contribution in [3.05, 3.63) is 23.8 Å². The molecule has 0 bridgehead atoms. The third-order valence-electron chi connectivity index (χ3n) is 7.70. The molecule has 1 atom stereocenters. The minimum Gasteiger partial charge on any atom is -0.489 e. The molecule has 32 heavy (non-hydrogen) atoms. The molecule has 3 aliphatic rings. The molecule has 1 aromatic carbocycles. The van der Waals surface area contributed by atoms with E-state index in [-0.39, 0.29) is 12.4 Å². The first-order chi connectivity index (χ1) is 14.9. The third-order valence-corrected chi connectivity index (χ3v) is 7.70. The maximum Gasteiger partial charge on any atom is 0.144 e. The topological polar surface area (TPSA) is 19.0 Å². The van der Waals surface area contributed by atoms with Gasteiger partial charge in [-0.3, -0.25) is 4.90 Å². The average molecular weight is 462 g/mol. The molecule has 1 aromatic rings. The number of unbranched alkanes of at least 4 members (excludes halogenated alkanes) is 1. The van der Waals surface area contributed by atoms with Gasteiger partial charge in [0.05, 0.1) is 12.2 Å². The maximum absolute atomic E-state index is 6.11. The molecule has 180 valence electrons. The number of likely N-dealkylation sites (N-methyl/N-ethyl adjacent to an activating group) is 1. The third kappa shape index (κ3) is 5.56. The molecule has 0 saturated carbocycles. The number of halogens is 1. The highest BCUT2D eigenvalue weighted by Crippen LogP contribution is 2.45. The summed E-state index contributed by atoms with van der Waals surface area (Å²) in [5, 5.41) is 0. The zero-order valence-corrected chi connectivity index (χ0v) is 21.8. The van der Waals surface area contributed by atoms with Crippen molar-refractivity contribution >= 4 is 29.4 Å². The smallest absolute Gasteiger partial charge is 0.144 e. The van der Waals surface area contributed by atoms with Crippen LogP contribution in [-0.2, 0) is 0 Å². The van der Waals surface area contributed by atoms with Crippen LogP contribution in [0.2, 0.25) is 0 Å². The molecule has 1 aliphatic carbocycles. The normalized spacial score (nSPS) is 22.0. The van der Waals surface area contributed by atoms with E-state index in [1.165, 1.54) is 68.7 Å². The molecule has 1 unspecified atom stereocenters. The molecular weight excluding hydrogens is 418 g/mol. The van der Waals surface area contributed by atoms with Gasteiger partial charge < -0.3 is 14.5 Å². The van der Waals surface area contributed by atoms with E-state index in [1.807, 2.05) is 0 Å². The number of ether oxygens (including phenoxy) is 1. The van der Waals surface area contributed by atoms with E-state index in [4.69, 9.17) is 4.74 Å². The van der Waals surface area contributed by atoms with E-state index in [0.29, 0.717) is 5.41 Å². The lowest BCUT2D eigenvalue weighted by Gasteiger charge is -2.39. The first-order valence-electron chi connectivity index (χ1n) is 12.6. The van der Waals surface area contributed by atoms with Crippen molar-refractivity contribution in [3.63, 3.8) is 0 Å². The highest BCUT2D eigenvalue weighted by molar-refractivity contribution is 5.85. The summed E-state index contributed by atoms with van der Waals surface area (Å²) < 4.78 is 6.11. The van der Waals surface area contributed by atoms with Crippen molar-refractivity contribution in [1.29, 1.82) is 0 Å². The van der Waals surface area contributed by atoms with E-state index in [2.05, 4.69) is 67.7 Å². The van der Waals surface area contributed by atoms with Crippen LogP contribution in [0.5, 0.6) is 5.75 Å². The number of piperazine rings is 1. The Balaban J connectivity index is 0.00000289. The lowest BCUT2D eigenvalue weighted by atomic mass is 9.72. The fraction of sp³-hybridized carbons (Fsp3) is 0.704. The number of nitrogens with zero attached hydrogens (tertiary/aromatic N) is 3. The lowest BCUT2D eigenvalue weighted by Crippen LogP contribution is -2.47. The Labute approximate surface area is 202 Å². The Morgan fingerprint density at radius 3 is 2.41 bits per heavy atom. The standard InChI is InChI=1S/C27H43N3O.ClH/c1-6-7-12-29-13-15-30(16-14-29)24-20-26-25(28(5)17-18-31-26)19-23(24)21-8-10-22(11-9-21)27(2,3)4;/h8,19-20,22H,6-7,9-18H2,1-5H3;1H. The molecule has 1 fully saturated rings. The van der Waals surface area contributed by atoms with Gasteiger partial charge in [0, 0.05) is 50.5 Å². The van der Waals surface area contributed by atoms with Crippen LogP contribution >= 0.6 is 12.4 Å². The van der Waals surface area contributed by atoms with E-state index >= 15 is 0 Å². The number of anilines is 2. The van der Waals surface area contributed by atoms with Crippen LogP contribution < -0.4 is 14.5 Å². The van der Waals surface area contributed by atoms with Gasteiger partial charge in [0.1, 0.15) is 12.4 Å². The van der Waals surface area contributed by atoms with Gasteiger partial charge in [-0.15, -0.1) is 12.4 Å². The zero-order valence-electron chi connectivity index (χ0n) is 21.0. The number of fused-ring (bicyclic) bond motifs is 1. The summed E-state index contributed by atoms with van der Waals surface area (Å²) in [6.45, 7) is 17.0. The summed E-state index contributed by atoms with van der Waals surface area (Å²) in [5.74, 6) is 1.84. The van der Waals surface area contributed by atoms with Gasteiger partial charge in [0.25, 0.3) is 0 Å². The Morgan fingerprint density at radius 1 is 1.03 bits per heavy atom. The molecule has 2 aliphatic heterocycles. The number of benzene rings is 1. The van der Waals surface area contributed by atoms with Crippen molar-refractivity contribution in [2.45, 2.75) is 59.8 Å². The van der Waals surface area contributed by atoms with Crippen molar-refractivity contribution in [1.82, 2.24) is 4.90 Å². The summed E-state index contributed by atoms with van der Waals surface area (Å²) in [6.07, 6.45) is 8.83. The number of hydrogen-bond acceptors (Lipinski definition) is 4. The van der Waals surface area contributed by atoms with Crippen LogP contribution in [0.1, 0.15) is 65.4 Å². The van der Waals surface area contributed by atoms with Crippen molar-refractivity contribution < 1.29 is 4.74 Å². The molecule has 0 aromatic heterocycles. The second-order valence-electron chi connectivity index (χ2n) is 10.9. The van der Waals surface area contributed by atoms with E-state index in [1.54, 1.807) is 5.57 Å². The second kappa shape index (κ2) is 10.7. The zero-order chi connectivity index (χ0) is 22.0. The van der Waals surface area contributed by atoms with Gasteiger partial charge in [-0.1, -0.05) is 40.2 Å². The van der Waals surface area contributed by atoms with E-state index in [9.17, 15) is 0 Å². The predicted molar refractivity (Wildman–Crippen MR) is 141 cm³/mol. The molecule has 0 radical (unpaired) electrons. The minimum absolute atomic E-state index is 0. The molecular formula is C27H44ClN3O. The molecule has 4 nitrogen and oxygen atoms in total. The van der Waals surface area contributed by atoms with Gasteiger partial charge in [-0.25, -0.2) is 0 Å². The SMILES string of the molecule is CCCCN1CCN(c2cc3c(cc2C2=CCC(C(C)(C)C)CC2)N(C)CCO3)CC1.Cl. The van der Waals surface area contributed by atoms with Gasteiger partial charge in [-0.2, -0.15) is 0 Å². The van der Waals surface area contributed by atoms with Gasteiger partial charge in [-0.05, 0) is 55.2 Å². The lowest BCUT2D eigenvalue weighted by molar-refractivity contribution is 0.225. The first kappa shape index (κ1) is 25.2. The van der Waals surface area contributed by atoms with Crippen molar-refractivity contribution in [2.75, 3.05) is 62.7 Å². The Morgan fingerprint density at radius 2 is 1.78 bits per heavy atom. The number of hydrogen-bond donors (Lipinski definition) is 0. The fourth-order valence-corrected chi connectivity index (χ4v) is 5.36. The van der Waals surface area contributed by atoms with Gasteiger partial charge in [0.15, 0.2) is 0 Å². The van der Waals surface area contributed by atoms with Crippen molar-refractivity contribution in [2.24, 2.45) is 11.3 Å². The Hall–Kier alpha value is -1.39. The van der Waals surface area contributed by atoms with Crippen molar-refractivity contribution in [3.8, 4) is 5.75 Å². The van der Waals surface area contributed by atoms with E-state index < -0.39 is 0 Å². The predicted octanol–water partition coefficient (Wildman–Crippen LogP) is 6.09. The summed E-state index contributed by atoms with van der Waals surface area (Å²) in [5.41, 5.74) is 6.04. The van der Waals surface area contributed by atoms with E-state index in [0.717, 1.165) is 37.9 Å². The number of allylic oxidation sites excluding steroid dienone is 2. The van der Waals surface area contributed by atoms with Gasteiger partial charge in [0.2, 0.25) is 0 Å². The summed E-state index contributed by atoms with van der Waals surface area (Å²) in [4.78, 5) is 7.61. The average Bonchev–Trinajstić information content (AvgIpc) is 2.77. The first-order valence-corrected chi connectivity index (χ1v) is 12.6. The summed E-state index contributed by atoms with van der Waals surface area (Å²) in [7, 11) is 2.20. The Kier molecular flexibility index (Phi) is 8.43.